The average molecular weight is 478 g/mol. The summed E-state index contributed by atoms with van der Waals surface area (Å²) in [5.41, 5.74) is -1.05. The summed E-state index contributed by atoms with van der Waals surface area (Å²) in [4.78, 5) is 16.4. The lowest BCUT2D eigenvalue weighted by Crippen LogP contribution is -2.51. The van der Waals surface area contributed by atoms with Crippen molar-refractivity contribution in [1.82, 2.24) is 19.5 Å². The summed E-state index contributed by atoms with van der Waals surface area (Å²) in [7, 11) is 0. The molecule has 1 atom stereocenters. The number of piperazine rings is 1. The Kier molecular flexibility index (Phi) is 5.23. The summed E-state index contributed by atoms with van der Waals surface area (Å²) in [6.07, 6.45) is 2.54. The Bertz CT molecular complexity index is 1290. The van der Waals surface area contributed by atoms with Gasteiger partial charge in [0.1, 0.15) is 29.0 Å². The molecule has 0 N–H and O–H groups in total. The predicted octanol–water partition coefficient (Wildman–Crippen LogP) is 3.07. The molecule has 1 fully saturated rings. The fourth-order valence-corrected chi connectivity index (χ4v) is 4.33. The molecule has 3 aromatic rings. The first-order valence-electron chi connectivity index (χ1n) is 10.6. The van der Waals surface area contributed by atoms with Crippen molar-refractivity contribution in [3.05, 3.63) is 51.2 Å². The van der Waals surface area contributed by atoms with Gasteiger partial charge in [-0.2, -0.15) is 5.10 Å². The van der Waals surface area contributed by atoms with Gasteiger partial charge in [0.2, 0.25) is 0 Å². The SMILES string of the molecule is Cc1c(F)cc2oc(C=NN3CCN(CC4(C)Cn5cc([N+](=O)[O-])nc5O4)CC3)c(F)c2c1F. The van der Waals surface area contributed by atoms with E-state index < -0.39 is 28.0 Å². The van der Waals surface area contributed by atoms with Crippen molar-refractivity contribution in [2.45, 2.75) is 26.0 Å². The van der Waals surface area contributed by atoms with E-state index in [1.54, 1.807) is 9.58 Å². The lowest BCUT2D eigenvalue weighted by atomic mass is 10.1. The maximum atomic E-state index is 14.6. The average Bonchev–Trinajstić information content (AvgIpc) is 3.41. The third kappa shape index (κ3) is 3.85. The van der Waals surface area contributed by atoms with Crippen LogP contribution in [0.3, 0.4) is 0 Å². The molecule has 13 heteroatoms. The molecule has 5 rings (SSSR count). The second-order valence-electron chi connectivity index (χ2n) is 8.74. The zero-order valence-corrected chi connectivity index (χ0v) is 18.4. The van der Waals surface area contributed by atoms with Crippen LogP contribution in [0.2, 0.25) is 0 Å². The molecule has 0 radical (unpaired) electrons. The van der Waals surface area contributed by atoms with Crippen molar-refractivity contribution >= 4 is 23.0 Å². The molecule has 180 valence electrons. The van der Waals surface area contributed by atoms with Crippen LogP contribution in [-0.2, 0) is 6.54 Å². The van der Waals surface area contributed by atoms with Crippen molar-refractivity contribution < 1.29 is 27.2 Å². The summed E-state index contributed by atoms with van der Waals surface area (Å²) < 4.78 is 55.4. The number of nitrogens with zero attached hydrogens (tertiary/aromatic N) is 6. The van der Waals surface area contributed by atoms with Gasteiger partial charge in [0.05, 0.1) is 18.1 Å². The number of benzene rings is 1. The zero-order valence-electron chi connectivity index (χ0n) is 18.4. The molecule has 0 spiro atoms. The summed E-state index contributed by atoms with van der Waals surface area (Å²) in [5, 5.41) is 16.4. The molecule has 10 nitrogen and oxygen atoms in total. The first kappa shape index (κ1) is 22.2. The maximum absolute atomic E-state index is 14.6. The molecular formula is C21H21F3N6O4. The third-order valence-corrected chi connectivity index (χ3v) is 6.07. The lowest BCUT2D eigenvalue weighted by Gasteiger charge is -2.36. The van der Waals surface area contributed by atoms with Crippen LogP contribution < -0.4 is 4.74 Å². The molecular weight excluding hydrogens is 457 g/mol. The number of hydrogen-bond acceptors (Lipinski definition) is 8. The predicted molar refractivity (Wildman–Crippen MR) is 114 cm³/mol. The van der Waals surface area contributed by atoms with Gasteiger partial charge in [-0.3, -0.25) is 14.5 Å². The van der Waals surface area contributed by atoms with Gasteiger partial charge in [0.15, 0.2) is 11.6 Å². The molecule has 0 bridgehead atoms. The lowest BCUT2D eigenvalue weighted by molar-refractivity contribution is -0.389. The Balaban J connectivity index is 1.19. The van der Waals surface area contributed by atoms with Gasteiger partial charge in [-0.1, -0.05) is 0 Å². The Morgan fingerprint density at radius 2 is 2.00 bits per heavy atom. The standard InChI is InChI=1S/C21H21F3N6O4/c1-12-13(22)7-14-17(18(12)23)19(24)15(33-14)8-25-29-5-3-27(4-6-29)10-21(2)11-28-9-16(30(31)32)26-20(28)34-21/h7-9H,3-6,10-11H2,1-2H3. The van der Waals surface area contributed by atoms with Crippen LogP contribution in [0.25, 0.3) is 11.0 Å². The van der Waals surface area contributed by atoms with Crippen LogP contribution in [0.15, 0.2) is 21.8 Å². The largest absolute Gasteiger partial charge is 0.452 e. The highest BCUT2D eigenvalue weighted by molar-refractivity contribution is 5.88. The maximum Gasteiger partial charge on any atom is 0.415 e. The Morgan fingerprint density at radius 1 is 1.26 bits per heavy atom. The van der Waals surface area contributed by atoms with Crippen molar-refractivity contribution in [3.8, 4) is 6.01 Å². The minimum Gasteiger partial charge on any atom is -0.452 e. The highest BCUT2D eigenvalue weighted by atomic mass is 19.1. The van der Waals surface area contributed by atoms with E-state index in [0.717, 1.165) is 6.07 Å². The van der Waals surface area contributed by atoms with E-state index in [1.165, 1.54) is 19.3 Å². The molecule has 34 heavy (non-hydrogen) atoms. The van der Waals surface area contributed by atoms with Gasteiger partial charge in [0, 0.05) is 49.3 Å². The van der Waals surface area contributed by atoms with Crippen LogP contribution in [0.5, 0.6) is 6.01 Å². The molecule has 0 amide bonds. The number of aromatic nitrogens is 2. The van der Waals surface area contributed by atoms with Crippen molar-refractivity contribution in [2.24, 2.45) is 5.10 Å². The summed E-state index contributed by atoms with van der Waals surface area (Å²) >= 11 is 0. The van der Waals surface area contributed by atoms with E-state index in [9.17, 15) is 23.3 Å². The fourth-order valence-electron chi connectivity index (χ4n) is 4.33. The normalized spacial score (nSPS) is 20.9. The number of nitro groups is 1. The highest BCUT2D eigenvalue weighted by Crippen LogP contribution is 2.32. The third-order valence-electron chi connectivity index (χ3n) is 6.07. The molecule has 0 saturated carbocycles. The van der Waals surface area contributed by atoms with Crippen molar-refractivity contribution in [1.29, 1.82) is 0 Å². The minimum atomic E-state index is -0.983. The van der Waals surface area contributed by atoms with Crippen LogP contribution >= 0.6 is 0 Å². The molecule has 0 aliphatic carbocycles. The fraction of sp³-hybridized carbons (Fsp3) is 0.429. The van der Waals surface area contributed by atoms with Gasteiger partial charge in [-0.15, -0.1) is 0 Å². The zero-order chi connectivity index (χ0) is 24.2. The summed E-state index contributed by atoms with van der Waals surface area (Å²) in [6, 6.07) is 1.19. The van der Waals surface area contributed by atoms with Gasteiger partial charge in [-0.05, 0) is 18.8 Å². The minimum absolute atomic E-state index is 0.209. The van der Waals surface area contributed by atoms with E-state index >= 15 is 0 Å². The summed E-state index contributed by atoms with van der Waals surface area (Å²) in [5.74, 6) is -3.21. The summed E-state index contributed by atoms with van der Waals surface area (Å²) in [6.45, 7) is 6.60. The Morgan fingerprint density at radius 3 is 2.68 bits per heavy atom. The number of ether oxygens (including phenoxy) is 1. The first-order chi connectivity index (χ1) is 16.1. The van der Waals surface area contributed by atoms with Crippen LogP contribution in [0.4, 0.5) is 19.0 Å². The smallest absolute Gasteiger partial charge is 0.415 e. The number of rotatable bonds is 5. The quantitative estimate of drug-likeness (QED) is 0.316. The molecule has 1 unspecified atom stereocenters. The van der Waals surface area contributed by atoms with Gasteiger partial charge in [0.25, 0.3) is 0 Å². The Labute approximate surface area is 191 Å². The van der Waals surface area contributed by atoms with E-state index in [4.69, 9.17) is 9.15 Å². The van der Waals surface area contributed by atoms with Gasteiger partial charge in [-0.25, -0.2) is 13.2 Å². The molecule has 2 aliphatic heterocycles. The van der Waals surface area contributed by atoms with Crippen molar-refractivity contribution in [3.63, 3.8) is 0 Å². The van der Waals surface area contributed by atoms with Crippen LogP contribution in [0.1, 0.15) is 18.2 Å². The monoisotopic (exact) mass is 478 g/mol. The Hall–Kier alpha value is -3.61. The van der Waals surface area contributed by atoms with E-state index in [0.29, 0.717) is 39.3 Å². The molecule has 4 heterocycles. The van der Waals surface area contributed by atoms with E-state index in [-0.39, 0.29) is 34.1 Å². The van der Waals surface area contributed by atoms with E-state index in [2.05, 4.69) is 15.0 Å². The molecule has 2 aromatic heterocycles. The number of furan rings is 1. The van der Waals surface area contributed by atoms with Crippen LogP contribution in [0, 0.1) is 34.5 Å². The van der Waals surface area contributed by atoms with Gasteiger partial charge < -0.3 is 19.3 Å². The van der Waals surface area contributed by atoms with E-state index in [1.807, 2.05) is 6.92 Å². The number of hydrogen-bond donors (Lipinski definition) is 0. The van der Waals surface area contributed by atoms with Gasteiger partial charge >= 0.3 is 11.8 Å². The number of halogens is 3. The number of imidazole rings is 1. The second-order valence-corrected chi connectivity index (χ2v) is 8.74. The van der Waals surface area contributed by atoms with Crippen LogP contribution in [-0.4, -0.2) is 68.9 Å². The first-order valence-corrected chi connectivity index (χ1v) is 10.6. The molecule has 1 aromatic carbocycles. The number of hydrazone groups is 1. The van der Waals surface area contributed by atoms with Crippen molar-refractivity contribution in [2.75, 3.05) is 32.7 Å². The molecule has 1 saturated heterocycles. The molecule has 2 aliphatic rings. The number of fused-ring (bicyclic) bond motifs is 2. The highest BCUT2D eigenvalue weighted by Gasteiger charge is 2.41. The second kappa shape index (κ2) is 8.01. The topological polar surface area (TPSA) is 102 Å².